The topological polar surface area (TPSA) is 128 Å². The molecule has 9 nitrogen and oxygen atoms in total. The van der Waals surface area contributed by atoms with Crippen molar-refractivity contribution in [1.82, 2.24) is 15.1 Å². The quantitative estimate of drug-likeness (QED) is 0.135. The summed E-state index contributed by atoms with van der Waals surface area (Å²) in [5, 5.41) is 25.2. The Hall–Kier alpha value is -3.89. The second-order valence-electron chi connectivity index (χ2n) is 13.6. The smallest absolute Gasteiger partial charge is 0.417 e. The van der Waals surface area contributed by atoms with E-state index in [4.69, 9.17) is 5.26 Å². The van der Waals surface area contributed by atoms with Gasteiger partial charge < -0.3 is 10.0 Å². The van der Waals surface area contributed by atoms with Gasteiger partial charge in [-0.2, -0.15) is 23.5 Å². The van der Waals surface area contributed by atoms with Gasteiger partial charge >= 0.3 is 12.1 Å². The molecule has 0 amide bonds. The molecule has 1 saturated carbocycles. The van der Waals surface area contributed by atoms with E-state index >= 15 is 0 Å². The Morgan fingerprint density at radius 2 is 1.65 bits per heavy atom. The number of nitriles is 1. The fourth-order valence-corrected chi connectivity index (χ4v) is 8.40. The molecule has 1 saturated heterocycles. The molecule has 13 heteroatoms. The van der Waals surface area contributed by atoms with Crippen LogP contribution in [0.25, 0.3) is 0 Å². The van der Waals surface area contributed by atoms with E-state index in [1.165, 1.54) is 62.3 Å². The van der Waals surface area contributed by atoms with Gasteiger partial charge in [0.15, 0.2) is 9.84 Å². The first-order valence-corrected chi connectivity index (χ1v) is 19.5. The first-order chi connectivity index (χ1) is 24.3. The van der Waals surface area contributed by atoms with Gasteiger partial charge in [0.05, 0.1) is 27.5 Å². The number of hydrogen-bond donors (Lipinski definition) is 2. The van der Waals surface area contributed by atoms with E-state index in [2.05, 4.69) is 23.4 Å². The average Bonchev–Trinajstić information content (AvgIpc) is 3.57. The molecule has 2 fully saturated rings. The number of hydrogen-bond acceptors (Lipinski definition) is 7. The van der Waals surface area contributed by atoms with Crippen molar-refractivity contribution in [2.75, 3.05) is 18.0 Å². The molecule has 1 aromatic heterocycles. The van der Waals surface area contributed by atoms with Crippen LogP contribution in [0.3, 0.4) is 0 Å². The summed E-state index contributed by atoms with van der Waals surface area (Å²) >= 11 is 0. The fourth-order valence-electron chi connectivity index (χ4n) is 6.48. The summed E-state index contributed by atoms with van der Waals surface area (Å²) in [4.78, 5) is 12.7. The fraction of sp³-hybridized carbons (Fsp3) is 0.553. The molecule has 3 aromatic rings. The predicted octanol–water partition coefficient (Wildman–Crippen LogP) is 7.73. The van der Waals surface area contributed by atoms with Crippen molar-refractivity contribution in [2.24, 2.45) is 0 Å². The number of sulfone groups is 1. The van der Waals surface area contributed by atoms with Crippen LogP contribution in [0.2, 0.25) is 0 Å². The third-order valence-electron chi connectivity index (χ3n) is 9.57. The number of unbranched alkanes of at least 4 members (excludes halogenated alkanes) is 7. The summed E-state index contributed by atoms with van der Waals surface area (Å²) in [6.45, 7) is 5.19. The van der Waals surface area contributed by atoms with Gasteiger partial charge in [-0.3, -0.25) is 5.32 Å². The van der Waals surface area contributed by atoms with Crippen molar-refractivity contribution >= 4 is 21.6 Å². The summed E-state index contributed by atoms with van der Waals surface area (Å²) < 4.78 is 68.8. The van der Waals surface area contributed by atoms with Gasteiger partial charge in [0, 0.05) is 19.2 Å². The molecular weight excluding hydrogens is 680 g/mol. The van der Waals surface area contributed by atoms with Crippen molar-refractivity contribution in [3.63, 3.8) is 0 Å². The molecule has 0 unspecified atom stereocenters. The van der Waals surface area contributed by atoms with Crippen LogP contribution in [0.5, 0.6) is 0 Å². The van der Waals surface area contributed by atoms with E-state index in [-0.39, 0.29) is 18.5 Å². The summed E-state index contributed by atoms with van der Waals surface area (Å²) in [6.07, 6.45) is 8.38. The van der Waals surface area contributed by atoms with E-state index in [9.17, 15) is 31.5 Å². The number of aryl methyl sites for hydroxylation is 3. The number of nitrogens with one attached hydrogen (secondary N) is 1. The Labute approximate surface area is 299 Å². The Balaban J connectivity index is 0.000000306. The third kappa shape index (κ3) is 11.0. The van der Waals surface area contributed by atoms with Gasteiger partial charge in [0.1, 0.15) is 17.4 Å². The molecular formula is C38H50F3N5O4S. The molecule has 0 spiro atoms. The molecule has 2 heterocycles. The second kappa shape index (κ2) is 18.0. The summed E-state index contributed by atoms with van der Waals surface area (Å²) in [5.74, 6) is -0.826. The monoisotopic (exact) mass is 729 g/mol. The van der Waals surface area contributed by atoms with Gasteiger partial charge in [-0.05, 0) is 63.3 Å². The number of halogens is 3. The number of carboxylic acid groups (broad SMARTS) is 1. The lowest BCUT2D eigenvalue weighted by molar-refractivity contribution is -0.140. The zero-order chi connectivity index (χ0) is 37.1. The highest BCUT2D eigenvalue weighted by molar-refractivity contribution is 7.92. The van der Waals surface area contributed by atoms with Crippen LogP contribution in [-0.2, 0) is 33.8 Å². The van der Waals surface area contributed by atoms with Crippen molar-refractivity contribution in [1.29, 1.82) is 5.26 Å². The SMILES string of the molecule is CCCCCCCCCCNC1(C#N)CC1.Cc1cc(N2C[C@H](S(=O)(=O)c3ccccc3C(F)(F)F)C[C@H]2C(=O)O)n(CCc2ccccc2)n1. The highest BCUT2D eigenvalue weighted by Crippen LogP contribution is 2.39. The number of aromatic nitrogens is 2. The average molecular weight is 730 g/mol. The van der Waals surface area contributed by atoms with E-state index in [0.717, 1.165) is 43.1 Å². The Bertz CT molecular complexity index is 1720. The predicted molar refractivity (Wildman–Crippen MR) is 191 cm³/mol. The number of benzene rings is 2. The second-order valence-corrected chi connectivity index (χ2v) is 15.8. The molecule has 1 aliphatic heterocycles. The van der Waals surface area contributed by atoms with Crippen LogP contribution in [0.1, 0.15) is 94.4 Å². The van der Waals surface area contributed by atoms with Crippen LogP contribution in [0.4, 0.5) is 19.0 Å². The molecule has 278 valence electrons. The molecule has 0 radical (unpaired) electrons. The van der Waals surface area contributed by atoms with Gasteiger partial charge in [-0.1, -0.05) is 94.3 Å². The van der Waals surface area contributed by atoms with Crippen molar-refractivity contribution in [3.8, 4) is 6.07 Å². The first-order valence-electron chi connectivity index (χ1n) is 18.0. The number of carboxylic acids is 1. The van der Waals surface area contributed by atoms with Crippen molar-refractivity contribution < 1.29 is 31.5 Å². The van der Waals surface area contributed by atoms with Gasteiger partial charge in [-0.25, -0.2) is 17.9 Å². The lowest BCUT2D eigenvalue weighted by Gasteiger charge is -2.24. The lowest BCUT2D eigenvalue weighted by atomic mass is 10.1. The molecule has 0 bridgehead atoms. The third-order valence-corrected chi connectivity index (χ3v) is 11.8. The van der Waals surface area contributed by atoms with Crippen LogP contribution in [-0.4, -0.2) is 59.2 Å². The zero-order valence-corrected chi connectivity index (χ0v) is 30.4. The maximum Gasteiger partial charge on any atom is 0.417 e. The first kappa shape index (κ1) is 39.9. The van der Waals surface area contributed by atoms with Gasteiger partial charge in [0.25, 0.3) is 0 Å². The molecule has 5 rings (SSSR count). The number of nitrogens with zero attached hydrogens (tertiary/aromatic N) is 4. The maximum absolute atomic E-state index is 13.5. The molecule has 2 aromatic carbocycles. The van der Waals surface area contributed by atoms with Crippen molar-refractivity contribution in [3.05, 3.63) is 77.5 Å². The molecule has 51 heavy (non-hydrogen) atoms. The number of aliphatic carboxylic acids is 1. The molecule has 1 aliphatic carbocycles. The van der Waals surface area contributed by atoms with Gasteiger partial charge in [0.2, 0.25) is 0 Å². The normalized spacial score (nSPS) is 18.2. The minimum Gasteiger partial charge on any atom is -0.480 e. The maximum atomic E-state index is 13.5. The summed E-state index contributed by atoms with van der Waals surface area (Å²) in [6, 6.07) is 16.4. The van der Waals surface area contributed by atoms with E-state index in [0.29, 0.717) is 24.5 Å². The van der Waals surface area contributed by atoms with Gasteiger partial charge in [-0.15, -0.1) is 0 Å². The minimum absolute atomic E-state index is 0.110. The van der Waals surface area contributed by atoms with Crippen LogP contribution in [0, 0.1) is 18.3 Å². The number of carbonyl (C=O) groups is 1. The van der Waals surface area contributed by atoms with Crippen LogP contribution >= 0.6 is 0 Å². The lowest BCUT2D eigenvalue weighted by Crippen LogP contribution is -2.37. The molecule has 2 atom stereocenters. The Morgan fingerprint density at radius 1 is 1.02 bits per heavy atom. The van der Waals surface area contributed by atoms with E-state index in [1.807, 2.05) is 30.3 Å². The number of rotatable bonds is 17. The number of alkyl halides is 3. The molecule has 2 aliphatic rings. The minimum atomic E-state index is -4.86. The largest absolute Gasteiger partial charge is 0.480 e. The van der Waals surface area contributed by atoms with Crippen molar-refractivity contribution in [2.45, 2.75) is 125 Å². The summed E-state index contributed by atoms with van der Waals surface area (Å²) in [7, 11) is -4.48. The Kier molecular flexibility index (Phi) is 14.1. The summed E-state index contributed by atoms with van der Waals surface area (Å²) in [5.41, 5.74) is 0.299. The van der Waals surface area contributed by atoms with Crippen LogP contribution < -0.4 is 10.2 Å². The van der Waals surface area contributed by atoms with E-state index in [1.54, 1.807) is 17.7 Å². The van der Waals surface area contributed by atoms with E-state index < -0.39 is 43.7 Å². The Morgan fingerprint density at radius 3 is 2.25 bits per heavy atom. The number of anilines is 1. The zero-order valence-electron chi connectivity index (χ0n) is 29.5. The highest BCUT2D eigenvalue weighted by Gasteiger charge is 2.47. The standard InChI is InChI=1S/C24H24F3N3O4S.C14H26N2/c1-16-13-22(30(28-16)12-11-17-7-3-2-4-8-17)29-15-18(14-20(29)23(31)32)35(33,34)21-10-6-5-9-19(21)24(25,26)27;1-2-3-4-5-6-7-8-9-12-16-14(13-15)10-11-14/h2-10,13,18,20H,11-12,14-15H2,1H3,(H,31,32);16H,2-12H2,1H3/t18-,20+;/m1./s1. The molecule has 2 N–H and O–H groups in total. The highest BCUT2D eigenvalue weighted by atomic mass is 32.2. The van der Waals surface area contributed by atoms with Crippen LogP contribution in [0.15, 0.2) is 65.6 Å².